The summed E-state index contributed by atoms with van der Waals surface area (Å²) in [5.74, 6) is 2.63. The Morgan fingerprint density at radius 1 is 1.39 bits per heavy atom. The Bertz CT molecular complexity index is 808. The standard InChI is InChI=1S/C14H13F2N5OS/c1-9-2-3-10(22-9)4-5-11-18-14(20-19-11)23-8-12-17-6-7-21(12)13(15)16/h2-7,13H,8H2,1H3,(H,18,19,20)/b5-4+. The normalized spacial score (nSPS) is 11.8. The van der Waals surface area contributed by atoms with Crippen LogP contribution < -0.4 is 0 Å². The van der Waals surface area contributed by atoms with E-state index in [1.165, 1.54) is 24.2 Å². The zero-order valence-electron chi connectivity index (χ0n) is 12.1. The van der Waals surface area contributed by atoms with E-state index in [1.807, 2.05) is 19.1 Å². The second-order valence-corrected chi connectivity index (χ2v) is 5.54. The number of aromatic amines is 1. The molecule has 0 unspecified atom stereocenters. The van der Waals surface area contributed by atoms with Crippen LogP contribution in [-0.4, -0.2) is 24.7 Å². The van der Waals surface area contributed by atoms with Crippen LogP contribution in [0, 0.1) is 6.92 Å². The highest BCUT2D eigenvalue weighted by Gasteiger charge is 2.12. The summed E-state index contributed by atoms with van der Waals surface area (Å²) >= 11 is 1.23. The van der Waals surface area contributed by atoms with E-state index >= 15 is 0 Å². The molecular formula is C14H13F2N5OS. The number of alkyl halides is 2. The van der Waals surface area contributed by atoms with Gasteiger partial charge in [-0.1, -0.05) is 11.8 Å². The Kier molecular flexibility index (Phi) is 4.56. The lowest BCUT2D eigenvalue weighted by molar-refractivity contribution is 0.0678. The molecule has 0 amide bonds. The molecule has 6 nitrogen and oxygen atoms in total. The third-order valence-corrected chi connectivity index (χ3v) is 3.78. The van der Waals surface area contributed by atoms with E-state index in [-0.39, 0.29) is 11.6 Å². The second kappa shape index (κ2) is 6.78. The van der Waals surface area contributed by atoms with Crippen LogP contribution in [0.2, 0.25) is 0 Å². The van der Waals surface area contributed by atoms with Crippen molar-refractivity contribution in [3.63, 3.8) is 0 Å². The predicted molar refractivity (Wildman–Crippen MR) is 81.8 cm³/mol. The maximum atomic E-state index is 12.7. The monoisotopic (exact) mass is 337 g/mol. The van der Waals surface area contributed by atoms with Crippen molar-refractivity contribution in [3.8, 4) is 0 Å². The third-order valence-electron chi connectivity index (χ3n) is 2.94. The van der Waals surface area contributed by atoms with Crippen LogP contribution in [0.5, 0.6) is 0 Å². The molecule has 0 spiro atoms. The van der Waals surface area contributed by atoms with Crippen LogP contribution in [0.1, 0.15) is 29.7 Å². The Morgan fingerprint density at radius 3 is 3.00 bits per heavy atom. The first-order chi connectivity index (χ1) is 11.1. The van der Waals surface area contributed by atoms with Crippen molar-refractivity contribution in [2.45, 2.75) is 24.4 Å². The van der Waals surface area contributed by atoms with E-state index in [2.05, 4.69) is 20.2 Å². The smallest absolute Gasteiger partial charge is 0.319 e. The van der Waals surface area contributed by atoms with E-state index in [0.717, 1.165) is 10.3 Å². The number of hydrogen-bond acceptors (Lipinski definition) is 5. The van der Waals surface area contributed by atoms with Gasteiger partial charge in [0.2, 0.25) is 5.16 Å². The first kappa shape index (κ1) is 15.5. The topological polar surface area (TPSA) is 72.5 Å². The molecule has 3 heterocycles. The largest absolute Gasteiger partial charge is 0.462 e. The van der Waals surface area contributed by atoms with E-state index in [9.17, 15) is 8.78 Å². The van der Waals surface area contributed by atoms with Gasteiger partial charge in [-0.25, -0.2) is 9.97 Å². The number of rotatable bonds is 6. The van der Waals surface area contributed by atoms with Gasteiger partial charge in [0.15, 0.2) is 0 Å². The quantitative estimate of drug-likeness (QED) is 0.693. The lowest BCUT2D eigenvalue weighted by Crippen LogP contribution is -2.02. The molecule has 0 bridgehead atoms. The SMILES string of the molecule is Cc1ccc(/C=C/c2nc(SCc3nccn3C(F)F)n[nH]2)o1. The highest BCUT2D eigenvalue weighted by molar-refractivity contribution is 7.98. The van der Waals surface area contributed by atoms with Crippen LogP contribution >= 0.6 is 11.8 Å². The molecule has 9 heteroatoms. The zero-order chi connectivity index (χ0) is 16.2. The molecule has 3 aromatic heterocycles. The summed E-state index contributed by atoms with van der Waals surface area (Å²) in [6.45, 7) is -0.736. The Hall–Kier alpha value is -2.42. The molecule has 0 aliphatic rings. The Balaban J connectivity index is 1.61. The maximum absolute atomic E-state index is 12.7. The van der Waals surface area contributed by atoms with Crippen LogP contribution in [0.4, 0.5) is 8.78 Å². The number of thioether (sulfide) groups is 1. The van der Waals surface area contributed by atoms with Gasteiger partial charge in [-0.2, -0.15) is 8.78 Å². The first-order valence-electron chi connectivity index (χ1n) is 6.71. The average Bonchev–Trinajstić information content (AvgIpc) is 3.23. The minimum atomic E-state index is -2.60. The minimum absolute atomic E-state index is 0.260. The summed E-state index contributed by atoms with van der Waals surface area (Å²) in [7, 11) is 0. The van der Waals surface area contributed by atoms with Gasteiger partial charge in [0.05, 0.1) is 5.75 Å². The molecule has 0 radical (unpaired) electrons. The summed E-state index contributed by atoms with van der Waals surface area (Å²) in [6, 6.07) is 3.72. The number of imidazole rings is 1. The fraction of sp³-hybridized carbons (Fsp3) is 0.214. The van der Waals surface area contributed by atoms with E-state index in [4.69, 9.17) is 4.42 Å². The molecule has 0 aliphatic carbocycles. The number of nitrogens with zero attached hydrogens (tertiary/aromatic N) is 4. The molecule has 0 fully saturated rings. The van der Waals surface area contributed by atoms with Crippen LogP contribution in [0.25, 0.3) is 12.2 Å². The number of aromatic nitrogens is 5. The molecule has 23 heavy (non-hydrogen) atoms. The van der Waals surface area contributed by atoms with Crippen molar-refractivity contribution in [3.05, 3.63) is 47.7 Å². The first-order valence-corrected chi connectivity index (χ1v) is 7.70. The summed E-state index contributed by atoms with van der Waals surface area (Å²) in [5, 5.41) is 7.25. The molecule has 120 valence electrons. The highest BCUT2D eigenvalue weighted by atomic mass is 32.2. The van der Waals surface area contributed by atoms with Crippen LogP contribution in [0.15, 0.2) is 34.1 Å². The highest BCUT2D eigenvalue weighted by Crippen LogP contribution is 2.21. The molecule has 1 N–H and O–H groups in total. The van der Waals surface area contributed by atoms with Crippen LogP contribution in [-0.2, 0) is 5.75 Å². The Morgan fingerprint density at radius 2 is 2.26 bits per heavy atom. The summed E-state index contributed by atoms with van der Waals surface area (Å²) in [6.07, 6.45) is 6.10. The van der Waals surface area contributed by atoms with Crippen LogP contribution in [0.3, 0.4) is 0 Å². The molecule has 3 rings (SSSR count). The number of hydrogen-bond donors (Lipinski definition) is 1. The van der Waals surface area contributed by atoms with Crippen molar-refractivity contribution in [2.75, 3.05) is 0 Å². The predicted octanol–water partition coefficient (Wildman–Crippen LogP) is 3.76. The van der Waals surface area contributed by atoms with Crippen molar-refractivity contribution < 1.29 is 13.2 Å². The van der Waals surface area contributed by atoms with Crippen molar-refractivity contribution in [1.29, 1.82) is 0 Å². The molecule has 0 saturated heterocycles. The third kappa shape index (κ3) is 3.86. The van der Waals surface area contributed by atoms with Crippen molar-refractivity contribution >= 4 is 23.9 Å². The number of halogens is 2. The Labute approximate surface area is 134 Å². The minimum Gasteiger partial charge on any atom is -0.462 e. The van der Waals surface area contributed by atoms with Gasteiger partial charge in [-0.15, -0.1) is 5.10 Å². The molecule has 0 atom stereocenters. The van der Waals surface area contributed by atoms with Gasteiger partial charge in [0.1, 0.15) is 23.2 Å². The molecular weight excluding hydrogens is 324 g/mol. The van der Waals surface area contributed by atoms with E-state index < -0.39 is 6.55 Å². The summed E-state index contributed by atoms with van der Waals surface area (Å²) in [5.41, 5.74) is 0. The average molecular weight is 337 g/mol. The summed E-state index contributed by atoms with van der Waals surface area (Å²) in [4.78, 5) is 8.16. The number of furan rings is 1. The molecule has 0 saturated carbocycles. The second-order valence-electron chi connectivity index (χ2n) is 4.60. The molecule has 0 aliphatic heterocycles. The van der Waals surface area contributed by atoms with Crippen molar-refractivity contribution in [2.24, 2.45) is 0 Å². The maximum Gasteiger partial charge on any atom is 0.319 e. The van der Waals surface area contributed by atoms with E-state index in [1.54, 1.807) is 12.2 Å². The lowest BCUT2D eigenvalue weighted by atomic mass is 10.4. The van der Waals surface area contributed by atoms with Crippen molar-refractivity contribution in [1.82, 2.24) is 24.7 Å². The fourth-order valence-corrected chi connectivity index (χ4v) is 2.62. The fourth-order valence-electron chi connectivity index (χ4n) is 1.86. The van der Waals surface area contributed by atoms with Gasteiger partial charge in [0.25, 0.3) is 0 Å². The molecule has 0 aromatic carbocycles. The number of nitrogens with one attached hydrogen (secondary N) is 1. The number of aryl methyl sites for hydroxylation is 1. The van der Waals surface area contributed by atoms with Gasteiger partial charge >= 0.3 is 6.55 Å². The summed E-state index contributed by atoms with van der Waals surface area (Å²) < 4.78 is 31.7. The van der Waals surface area contributed by atoms with Gasteiger partial charge in [-0.3, -0.25) is 9.67 Å². The van der Waals surface area contributed by atoms with E-state index in [0.29, 0.717) is 16.7 Å². The number of H-pyrrole nitrogens is 1. The van der Waals surface area contributed by atoms with Gasteiger partial charge in [0, 0.05) is 12.4 Å². The molecule has 3 aromatic rings. The lowest BCUT2D eigenvalue weighted by Gasteiger charge is -2.04. The van der Waals surface area contributed by atoms with Gasteiger partial charge < -0.3 is 4.42 Å². The van der Waals surface area contributed by atoms with Gasteiger partial charge in [-0.05, 0) is 31.2 Å². The zero-order valence-corrected chi connectivity index (χ0v) is 12.9.